The molecular formula is C42H39FIrN2SSi-2. The molecule has 0 aliphatic rings. The third kappa shape index (κ3) is 8.42. The monoisotopic (exact) mass is 845 g/mol. The van der Waals surface area contributed by atoms with Crippen molar-refractivity contribution in [3.63, 3.8) is 0 Å². The zero-order chi connectivity index (χ0) is 35.0. The van der Waals surface area contributed by atoms with Crippen molar-refractivity contribution in [2.75, 3.05) is 0 Å². The number of halogens is 1. The Morgan fingerprint density at radius 1 is 0.792 bits per heavy atom. The molecule has 3 heterocycles. The van der Waals surface area contributed by atoms with Gasteiger partial charge in [-0.1, -0.05) is 93.8 Å². The van der Waals surface area contributed by atoms with Gasteiger partial charge in [-0.2, -0.15) is 11.3 Å². The Balaban J connectivity index is 0.000000241. The summed E-state index contributed by atoms with van der Waals surface area (Å²) in [5, 5.41) is 3.67. The van der Waals surface area contributed by atoms with E-state index in [-0.39, 0.29) is 25.9 Å². The summed E-state index contributed by atoms with van der Waals surface area (Å²) in [6.07, 6.45) is 2.20. The Kier molecular flexibility index (Phi) is 10.1. The molecule has 7 aromatic rings. The minimum atomic E-state index is -1.50. The van der Waals surface area contributed by atoms with Gasteiger partial charge >= 0.3 is 0 Å². The zero-order valence-electron chi connectivity index (χ0n) is 30.0. The average molecular weight is 845 g/mol. The largest absolute Gasteiger partial charge is 0.305 e. The van der Waals surface area contributed by atoms with Crippen molar-refractivity contribution in [2.24, 2.45) is 5.41 Å². The third-order valence-corrected chi connectivity index (χ3v) is 11.0. The molecule has 4 aromatic carbocycles. The van der Waals surface area contributed by atoms with Crippen LogP contribution in [-0.2, 0) is 26.5 Å². The van der Waals surface area contributed by atoms with Crippen molar-refractivity contribution in [3.8, 4) is 33.6 Å². The van der Waals surface area contributed by atoms with Crippen LogP contribution in [0.3, 0.4) is 0 Å². The van der Waals surface area contributed by atoms with E-state index >= 15 is 0 Å². The summed E-state index contributed by atoms with van der Waals surface area (Å²) in [6, 6.07) is 39.2. The standard InChI is InChI=1S/C28H23FNS.C14H16NSi.Ir/c1-28(2,3)17-18-13-14-30-25(15-18)24-6-4-5-23-22-12-9-20(16-26(22)31-27(23)24)19-7-10-21(29)11-8-19;1-16(2,3)13-9-10-14(15-11-13)12-7-5-4-6-8-12;/h4-5,7-16H,17H2,1-3H3;4-7,9-11H,1-3H3;/q2*-1;/i17D2;;. The fourth-order valence-electron chi connectivity index (χ4n) is 5.38. The first kappa shape index (κ1) is 32.7. The summed E-state index contributed by atoms with van der Waals surface area (Å²) in [7, 11) is -1.23. The van der Waals surface area contributed by atoms with Crippen LogP contribution in [0.25, 0.3) is 53.8 Å². The Labute approximate surface area is 305 Å². The maximum Gasteiger partial charge on any atom is 0.123 e. The van der Waals surface area contributed by atoms with Gasteiger partial charge in [0.2, 0.25) is 0 Å². The van der Waals surface area contributed by atoms with Crippen LogP contribution in [-0.4, -0.2) is 18.0 Å². The van der Waals surface area contributed by atoms with Gasteiger partial charge in [0.15, 0.2) is 0 Å². The van der Waals surface area contributed by atoms with Crippen molar-refractivity contribution < 1.29 is 27.2 Å². The van der Waals surface area contributed by atoms with Crippen LogP contribution in [0.5, 0.6) is 0 Å². The summed E-state index contributed by atoms with van der Waals surface area (Å²) in [5.41, 5.74) is 5.74. The number of thiophene rings is 1. The number of rotatable bonds is 5. The number of hydrogen-bond donors (Lipinski definition) is 0. The van der Waals surface area contributed by atoms with Crippen LogP contribution in [0.15, 0.2) is 116 Å². The van der Waals surface area contributed by atoms with Gasteiger partial charge in [-0.15, -0.1) is 59.7 Å². The number of nitrogens with zero attached hydrogens (tertiary/aromatic N) is 2. The Bertz CT molecular complexity index is 2220. The van der Waals surface area contributed by atoms with E-state index in [9.17, 15) is 4.39 Å². The molecule has 3 aromatic heterocycles. The van der Waals surface area contributed by atoms with E-state index in [1.165, 1.54) is 17.3 Å². The average Bonchev–Trinajstić information content (AvgIpc) is 3.47. The van der Waals surface area contributed by atoms with Gasteiger partial charge in [0.05, 0.1) is 8.07 Å². The molecule has 1 radical (unpaired) electrons. The first-order valence-corrected chi connectivity index (χ1v) is 20.1. The number of fused-ring (bicyclic) bond motifs is 3. The van der Waals surface area contributed by atoms with Crippen LogP contribution in [0.1, 0.15) is 29.1 Å². The predicted octanol–water partition coefficient (Wildman–Crippen LogP) is 11.4. The van der Waals surface area contributed by atoms with Crippen LogP contribution >= 0.6 is 11.3 Å². The van der Waals surface area contributed by atoms with E-state index in [2.05, 4.69) is 78.1 Å². The van der Waals surface area contributed by atoms with Crippen LogP contribution in [0, 0.1) is 23.4 Å². The molecule has 0 saturated heterocycles. The maximum atomic E-state index is 13.3. The molecule has 0 saturated carbocycles. The molecule has 7 rings (SSSR count). The van der Waals surface area contributed by atoms with Crippen LogP contribution in [0.4, 0.5) is 4.39 Å². The molecule has 0 unspecified atom stereocenters. The minimum absolute atomic E-state index is 0. The number of hydrogen-bond acceptors (Lipinski definition) is 3. The van der Waals surface area contributed by atoms with Crippen molar-refractivity contribution in [2.45, 2.75) is 46.8 Å². The van der Waals surface area contributed by atoms with Crippen LogP contribution < -0.4 is 5.19 Å². The summed E-state index contributed by atoms with van der Waals surface area (Å²) >= 11 is 1.67. The Morgan fingerprint density at radius 3 is 2.23 bits per heavy atom. The van der Waals surface area contributed by atoms with Gasteiger partial charge in [-0.05, 0) is 73.8 Å². The minimum Gasteiger partial charge on any atom is -0.305 e. The van der Waals surface area contributed by atoms with E-state index in [1.807, 2.05) is 63.4 Å². The SMILES string of the molecule is C[Si](C)(C)c1ccc(-c2[c-]cccc2)nc1.[2H]C([2H])(c1ccnc(-c2[c-]ccc3c2sc2cc(-c4ccc(F)cc4)ccc23)c1)C(C)(C)C.[Ir]. The first-order valence-electron chi connectivity index (χ1n) is 16.8. The van der Waals surface area contributed by atoms with E-state index in [0.717, 1.165) is 53.8 Å². The first-order chi connectivity index (χ1) is 23.2. The molecule has 2 nitrogen and oxygen atoms in total. The third-order valence-electron chi connectivity index (χ3n) is 7.76. The molecular weight excluding hydrogens is 804 g/mol. The van der Waals surface area contributed by atoms with E-state index in [0.29, 0.717) is 5.56 Å². The number of benzene rings is 4. The molecule has 0 amide bonds. The van der Waals surface area contributed by atoms with E-state index in [1.54, 1.807) is 35.7 Å². The fourth-order valence-corrected chi connectivity index (χ4v) is 7.66. The van der Waals surface area contributed by atoms with Crippen molar-refractivity contribution in [1.29, 1.82) is 0 Å². The zero-order valence-corrected chi connectivity index (χ0v) is 32.2. The second-order valence-electron chi connectivity index (χ2n) is 13.7. The Hall–Kier alpha value is -3.80. The van der Waals surface area contributed by atoms with Crippen molar-refractivity contribution in [1.82, 2.24) is 9.97 Å². The number of pyridine rings is 2. The molecule has 0 fully saturated rings. The molecule has 0 aliphatic heterocycles. The molecule has 0 N–H and O–H groups in total. The second kappa shape index (κ2) is 14.8. The van der Waals surface area contributed by atoms with Crippen LogP contribution in [0.2, 0.25) is 19.6 Å². The van der Waals surface area contributed by atoms with Gasteiger partial charge in [-0.25, -0.2) is 4.39 Å². The van der Waals surface area contributed by atoms with E-state index in [4.69, 9.17) is 2.74 Å². The van der Waals surface area contributed by atoms with Gasteiger partial charge in [-0.3, -0.25) is 0 Å². The topological polar surface area (TPSA) is 25.8 Å². The summed E-state index contributed by atoms with van der Waals surface area (Å²) in [6.45, 7) is 12.7. The molecule has 245 valence electrons. The van der Waals surface area contributed by atoms with Gasteiger partial charge in [0.1, 0.15) is 5.82 Å². The van der Waals surface area contributed by atoms with Gasteiger partial charge < -0.3 is 9.97 Å². The molecule has 6 heteroatoms. The molecule has 0 bridgehead atoms. The Morgan fingerprint density at radius 2 is 1.56 bits per heavy atom. The van der Waals surface area contributed by atoms with E-state index < -0.39 is 19.9 Å². The fraction of sp³-hybridized carbons (Fsp3) is 0.190. The molecule has 48 heavy (non-hydrogen) atoms. The predicted molar refractivity (Wildman–Crippen MR) is 201 cm³/mol. The molecule has 0 aliphatic carbocycles. The normalized spacial score (nSPS) is 12.5. The number of aromatic nitrogens is 2. The summed E-state index contributed by atoms with van der Waals surface area (Å²) in [5.74, 6) is -0.243. The molecule has 0 spiro atoms. The van der Waals surface area contributed by atoms with Crippen molar-refractivity contribution in [3.05, 3.63) is 139 Å². The van der Waals surface area contributed by atoms with Gasteiger partial charge in [0, 0.05) is 39.9 Å². The summed E-state index contributed by atoms with van der Waals surface area (Å²) < 4.78 is 32.9. The van der Waals surface area contributed by atoms with Crippen molar-refractivity contribution >= 4 is 44.8 Å². The summed E-state index contributed by atoms with van der Waals surface area (Å²) in [4.78, 5) is 9.09. The van der Waals surface area contributed by atoms with Gasteiger partial charge in [0.25, 0.3) is 0 Å². The second-order valence-corrected chi connectivity index (χ2v) is 19.8. The maximum absolute atomic E-state index is 13.3. The molecule has 0 atom stereocenters. The quantitative estimate of drug-likeness (QED) is 0.127. The smallest absolute Gasteiger partial charge is 0.123 e.